The van der Waals surface area contributed by atoms with Crippen LogP contribution in [0.15, 0.2) is 0 Å². The Balaban J connectivity index is 1.62. The Labute approximate surface area is 192 Å². The van der Waals surface area contributed by atoms with E-state index in [1.807, 2.05) is 0 Å². The molecule has 0 spiro atoms. The fourth-order valence-electron chi connectivity index (χ4n) is 5.19. The maximum atomic E-state index is 12.8. The van der Waals surface area contributed by atoms with E-state index in [2.05, 4.69) is 0 Å². The van der Waals surface area contributed by atoms with Gasteiger partial charge in [0.2, 0.25) is 0 Å². The van der Waals surface area contributed by atoms with E-state index in [1.54, 1.807) is 0 Å². The van der Waals surface area contributed by atoms with E-state index in [4.69, 9.17) is 11.4 Å². The van der Waals surface area contributed by atoms with Gasteiger partial charge in [-0.2, -0.15) is 0 Å². The molecule has 0 aliphatic heterocycles. The van der Waals surface area contributed by atoms with Crippen molar-refractivity contribution in [1.29, 1.82) is 0 Å². The highest BCUT2D eigenvalue weighted by Crippen LogP contribution is 2.28. The normalized spacial score (nSPS) is 22.5. The van der Waals surface area contributed by atoms with Crippen molar-refractivity contribution in [2.45, 2.75) is 116 Å². The van der Waals surface area contributed by atoms with Gasteiger partial charge < -0.3 is 11.4 Å². The minimum atomic E-state index is -3.21. The molecule has 0 aromatic rings. The summed E-state index contributed by atoms with van der Waals surface area (Å²) in [7, 11) is 0. The van der Waals surface area contributed by atoms with Crippen molar-refractivity contribution >= 4 is 33.1 Å². The number of hydrogen-bond donors (Lipinski definition) is 0. The Kier molecular flexibility index (Phi) is 10.7. The minimum Gasteiger partial charge on any atom is -0.551 e. The van der Waals surface area contributed by atoms with Gasteiger partial charge in [-0.25, -0.2) is 0 Å². The van der Waals surface area contributed by atoms with Crippen molar-refractivity contribution in [3.05, 3.63) is 0 Å². The molecule has 3 saturated carbocycles. The first-order valence-electron chi connectivity index (χ1n) is 12.7. The molecular weight excluding hydrogens is 411 g/mol. The van der Waals surface area contributed by atoms with Crippen LogP contribution in [-0.4, -0.2) is 33.1 Å². The summed E-state index contributed by atoms with van der Waals surface area (Å²) >= 11 is -3.21. The van der Waals surface area contributed by atoms with Crippen LogP contribution < -0.4 is 0 Å². The van der Waals surface area contributed by atoms with Crippen LogP contribution in [0.4, 0.5) is 0 Å². The molecule has 0 saturated heterocycles. The zero-order valence-electron chi connectivity index (χ0n) is 19.0. The molecule has 6 nitrogen and oxygen atoms in total. The summed E-state index contributed by atoms with van der Waals surface area (Å²) in [4.78, 5) is 38.5. The molecule has 174 valence electrons. The van der Waals surface area contributed by atoms with E-state index in [-0.39, 0.29) is 35.7 Å². The SMILES string of the molecule is O=C([O][Al]([O]C(=O)C1CCCCCC1)[O]C(=O)C1CCCCCC1)C1CCCCCC1. The first-order chi connectivity index (χ1) is 15.1. The molecule has 3 aliphatic rings. The number of carbonyl (C=O) groups is 3. The lowest BCUT2D eigenvalue weighted by Crippen LogP contribution is -2.39. The topological polar surface area (TPSA) is 78.9 Å². The molecule has 0 heterocycles. The maximum Gasteiger partial charge on any atom is 1.20 e. The van der Waals surface area contributed by atoms with Gasteiger partial charge in [0, 0.05) is 0 Å². The van der Waals surface area contributed by atoms with E-state index in [9.17, 15) is 14.4 Å². The predicted molar refractivity (Wildman–Crippen MR) is 118 cm³/mol. The Morgan fingerprint density at radius 1 is 0.419 bits per heavy atom. The van der Waals surface area contributed by atoms with Gasteiger partial charge in [0.25, 0.3) is 17.9 Å². The van der Waals surface area contributed by atoms with E-state index >= 15 is 0 Å². The molecule has 0 aromatic heterocycles. The predicted octanol–water partition coefficient (Wildman–Crippen LogP) is 5.51. The van der Waals surface area contributed by atoms with Gasteiger partial charge in [0.05, 0.1) is 17.8 Å². The maximum absolute atomic E-state index is 12.8. The average molecular weight is 451 g/mol. The summed E-state index contributed by atoms with van der Waals surface area (Å²) < 4.78 is 16.9. The molecular formula is C24H39AlO6. The lowest BCUT2D eigenvalue weighted by molar-refractivity contribution is -0.153. The van der Waals surface area contributed by atoms with E-state index in [1.165, 1.54) is 0 Å². The van der Waals surface area contributed by atoms with E-state index < -0.39 is 15.1 Å². The molecule has 0 bridgehead atoms. The molecule has 3 aliphatic carbocycles. The highest BCUT2D eigenvalue weighted by atomic mass is 27.3. The van der Waals surface area contributed by atoms with Crippen molar-refractivity contribution in [3.8, 4) is 0 Å². The van der Waals surface area contributed by atoms with Crippen molar-refractivity contribution in [3.63, 3.8) is 0 Å². The van der Waals surface area contributed by atoms with Crippen LogP contribution in [0.25, 0.3) is 0 Å². The molecule has 0 radical (unpaired) electrons. The fraction of sp³-hybridized carbons (Fsp3) is 0.875. The zero-order valence-corrected chi connectivity index (χ0v) is 20.1. The smallest absolute Gasteiger partial charge is 0.551 e. The van der Waals surface area contributed by atoms with E-state index in [0.29, 0.717) is 0 Å². The fourth-order valence-corrected chi connectivity index (χ4v) is 6.48. The second kappa shape index (κ2) is 13.5. The Morgan fingerprint density at radius 3 is 0.871 bits per heavy atom. The van der Waals surface area contributed by atoms with Crippen LogP contribution in [0, 0.1) is 17.8 Å². The first-order valence-corrected chi connectivity index (χ1v) is 14.2. The first kappa shape index (κ1) is 24.6. The largest absolute Gasteiger partial charge is 1.20 e. The molecule has 0 amide bonds. The molecule has 7 heteroatoms. The summed E-state index contributed by atoms with van der Waals surface area (Å²) in [5, 5.41) is 0. The van der Waals surface area contributed by atoms with Gasteiger partial charge in [0.15, 0.2) is 0 Å². The van der Waals surface area contributed by atoms with Crippen molar-refractivity contribution < 1.29 is 25.7 Å². The molecule has 0 unspecified atom stereocenters. The third-order valence-corrected chi connectivity index (χ3v) is 8.48. The molecule has 0 aromatic carbocycles. The lowest BCUT2D eigenvalue weighted by Gasteiger charge is -2.21. The monoisotopic (exact) mass is 450 g/mol. The quantitative estimate of drug-likeness (QED) is 0.392. The summed E-state index contributed by atoms with van der Waals surface area (Å²) in [6.07, 6.45) is 17.7. The summed E-state index contributed by atoms with van der Waals surface area (Å²) in [6, 6.07) is 0. The second-order valence-electron chi connectivity index (χ2n) is 9.66. The van der Waals surface area contributed by atoms with E-state index in [0.717, 1.165) is 116 Å². The van der Waals surface area contributed by atoms with Crippen molar-refractivity contribution in [1.82, 2.24) is 0 Å². The highest BCUT2D eigenvalue weighted by Gasteiger charge is 2.51. The zero-order chi connectivity index (χ0) is 21.9. The third kappa shape index (κ3) is 8.42. The Morgan fingerprint density at radius 2 is 0.645 bits per heavy atom. The van der Waals surface area contributed by atoms with Crippen LogP contribution in [0.5, 0.6) is 0 Å². The van der Waals surface area contributed by atoms with Gasteiger partial charge in [-0.05, 0) is 38.5 Å². The highest BCUT2D eigenvalue weighted by molar-refractivity contribution is 6.44. The Bertz CT molecular complexity index is 490. The van der Waals surface area contributed by atoms with Gasteiger partial charge in [0.1, 0.15) is 0 Å². The molecule has 0 N–H and O–H groups in total. The van der Waals surface area contributed by atoms with Crippen molar-refractivity contribution in [2.75, 3.05) is 0 Å². The summed E-state index contributed by atoms with van der Waals surface area (Å²) in [5.74, 6) is -1.57. The average Bonchev–Trinajstić information content (AvgIpc) is 3.29. The van der Waals surface area contributed by atoms with Crippen LogP contribution in [-0.2, 0) is 25.7 Å². The minimum absolute atomic E-state index is 0.175. The summed E-state index contributed by atoms with van der Waals surface area (Å²) in [5.41, 5.74) is 0. The number of hydrogen-bond acceptors (Lipinski definition) is 6. The van der Waals surface area contributed by atoms with Crippen LogP contribution in [0.2, 0.25) is 0 Å². The number of rotatable bonds is 6. The molecule has 3 fully saturated rings. The summed E-state index contributed by atoms with van der Waals surface area (Å²) in [6.45, 7) is 0. The third-order valence-electron chi connectivity index (χ3n) is 7.20. The standard InChI is InChI=1S/3C8H14O2.Al/c3*9-8(10)7-5-3-1-2-4-6-7;/h3*7H,1-6H2,(H,9,10);/q;;;+3/p-3. The lowest BCUT2D eigenvalue weighted by atomic mass is 10.0. The van der Waals surface area contributed by atoms with Gasteiger partial charge in [-0.3, -0.25) is 14.4 Å². The molecule has 3 rings (SSSR count). The van der Waals surface area contributed by atoms with Crippen LogP contribution in [0.1, 0.15) is 116 Å². The van der Waals surface area contributed by atoms with Crippen LogP contribution >= 0.6 is 0 Å². The number of carbonyl (C=O) groups excluding carboxylic acids is 3. The second-order valence-corrected chi connectivity index (χ2v) is 10.9. The van der Waals surface area contributed by atoms with Crippen molar-refractivity contribution in [2.24, 2.45) is 17.8 Å². The van der Waals surface area contributed by atoms with Gasteiger partial charge in [-0.15, -0.1) is 0 Å². The van der Waals surface area contributed by atoms with Gasteiger partial charge >= 0.3 is 15.1 Å². The van der Waals surface area contributed by atoms with Gasteiger partial charge in [-0.1, -0.05) is 77.0 Å². The molecule has 0 atom stereocenters. The Hall–Kier alpha value is -1.06. The van der Waals surface area contributed by atoms with Crippen LogP contribution in [0.3, 0.4) is 0 Å². The molecule has 31 heavy (non-hydrogen) atoms.